The molecule has 0 saturated carbocycles. The average Bonchev–Trinajstić information content (AvgIpc) is 3.09. The Bertz CT molecular complexity index is 837. The molecule has 1 aliphatic heterocycles. The first kappa shape index (κ1) is 19.1. The molecule has 1 saturated heterocycles. The van der Waals surface area contributed by atoms with Crippen molar-refractivity contribution in [2.45, 2.75) is 33.6 Å². The van der Waals surface area contributed by atoms with Gasteiger partial charge in [0.25, 0.3) is 0 Å². The van der Waals surface area contributed by atoms with E-state index in [1.165, 1.54) is 0 Å². The van der Waals surface area contributed by atoms with Gasteiger partial charge in [-0.3, -0.25) is 9.78 Å². The number of carboxylic acids is 1. The Balaban J connectivity index is 1.64. The van der Waals surface area contributed by atoms with Crippen LogP contribution in [0.1, 0.15) is 43.1 Å². The van der Waals surface area contributed by atoms with Crippen LogP contribution in [0.15, 0.2) is 42.6 Å². The molecule has 3 rings (SSSR count). The van der Waals surface area contributed by atoms with Gasteiger partial charge in [-0.25, -0.2) is 4.79 Å². The largest absolute Gasteiger partial charge is 0.478 e. The summed E-state index contributed by atoms with van der Waals surface area (Å²) in [6, 6.07) is 10.8. The molecule has 1 aromatic carbocycles. The van der Waals surface area contributed by atoms with E-state index in [-0.39, 0.29) is 16.9 Å². The molecule has 1 unspecified atom stereocenters. The van der Waals surface area contributed by atoms with Crippen LogP contribution in [-0.2, 0) is 11.2 Å². The molecule has 0 radical (unpaired) electrons. The third kappa shape index (κ3) is 4.54. The molecule has 5 nitrogen and oxygen atoms in total. The molecule has 1 amide bonds. The van der Waals surface area contributed by atoms with E-state index in [9.17, 15) is 9.59 Å². The quantitative estimate of drug-likeness (QED) is 0.891. The molecular formula is C22H26N2O3. The number of hydrogen-bond donors (Lipinski definition) is 1. The highest BCUT2D eigenvalue weighted by Crippen LogP contribution is 2.26. The van der Waals surface area contributed by atoms with Crippen molar-refractivity contribution < 1.29 is 14.7 Å². The van der Waals surface area contributed by atoms with E-state index in [1.807, 2.05) is 50.1 Å². The number of aromatic nitrogens is 1. The van der Waals surface area contributed by atoms with E-state index in [1.54, 1.807) is 18.2 Å². The summed E-state index contributed by atoms with van der Waals surface area (Å²) in [6.45, 7) is 7.52. The van der Waals surface area contributed by atoms with Crippen molar-refractivity contribution in [1.82, 2.24) is 9.88 Å². The number of likely N-dealkylation sites (tertiary alicyclic amines) is 1. The molecule has 2 heterocycles. The normalized spacial score (nSPS) is 17.1. The molecule has 5 heteroatoms. The van der Waals surface area contributed by atoms with Gasteiger partial charge in [-0.1, -0.05) is 39.0 Å². The second-order valence-corrected chi connectivity index (χ2v) is 8.30. The fraction of sp³-hybridized carbons (Fsp3) is 0.409. The Morgan fingerprint density at radius 3 is 2.63 bits per heavy atom. The number of carbonyl (C=O) groups is 2. The maximum atomic E-state index is 12.4. The van der Waals surface area contributed by atoms with Crippen molar-refractivity contribution in [2.24, 2.45) is 11.3 Å². The van der Waals surface area contributed by atoms with Crippen LogP contribution in [0.4, 0.5) is 0 Å². The van der Waals surface area contributed by atoms with Crippen LogP contribution in [0.2, 0.25) is 0 Å². The number of amides is 1. The number of rotatable bonds is 4. The molecular weight excluding hydrogens is 340 g/mol. The summed E-state index contributed by atoms with van der Waals surface area (Å²) in [5.41, 5.74) is 2.63. The first-order valence-corrected chi connectivity index (χ1v) is 9.32. The van der Waals surface area contributed by atoms with E-state index in [2.05, 4.69) is 4.98 Å². The van der Waals surface area contributed by atoms with Gasteiger partial charge in [-0.2, -0.15) is 0 Å². The highest BCUT2D eigenvalue weighted by molar-refractivity contribution is 5.89. The Labute approximate surface area is 160 Å². The van der Waals surface area contributed by atoms with Crippen molar-refractivity contribution in [3.8, 4) is 11.3 Å². The second kappa shape index (κ2) is 7.51. The van der Waals surface area contributed by atoms with Crippen LogP contribution in [0, 0.1) is 11.3 Å². The Hall–Kier alpha value is -2.69. The average molecular weight is 366 g/mol. The highest BCUT2D eigenvalue weighted by atomic mass is 16.4. The van der Waals surface area contributed by atoms with Crippen LogP contribution < -0.4 is 0 Å². The predicted molar refractivity (Wildman–Crippen MR) is 104 cm³/mol. The van der Waals surface area contributed by atoms with Crippen molar-refractivity contribution >= 4 is 11.9 Å². The van der Waals surface area contributed by atoms with Crippen molar-refractivity contribution in [3.05, 3.63) is 53.7 Å². The number of pyridine rings is 1. The Morgan fingerprint density at radius 2 is 2.00 bits per heavy atom. The minimum atomic E-state index is -0.941. The highest BCUT2D eigenvalue weighted by Gasteiger charge is 2.32. The summed E-state index contributed by atoms with van der Waals surface area (Å²) in [6.07, 6.45) is 3.78. The van der Waals surface area contributed by atoms with Gasteiger partial charge in [-0.05, 0) is 42.5 Å². The fourth-order valence-electron chi connectivity index (χ4n) is 3.52. The molecule has 0 aliphatic carbocycles. The van der Waals surface area contributed by atoms with Gasteiger partial charge in [-0.15, -0.1) is 0 Å². The minimum Gasteiger partial charge on any atom is -0.478 e. The lowest BCUT2D eigenvalue weighted by molar-refractivity contribution is -0.138. The maximum absolute atomic E-state index is 12.4. The molecule has 2 aromatic rings. The minimum absolute atomic E-state index is 0.219. The molecule has 1 aliphatic rings. The van der Waals surface area contributed by atoms with Crippen LogP contribution in [-0.4, -0.2) is 40.0 Å². The number of carboxylic acid groups (broad SMARTS) is 1. The Morgan fingerprint density at radius 1 is 1.22 bits per heavy atom. The first-order valence-electron chi connectivity index (χ1n) is 9.32. The lowest BCUT2D eigenvalue weighted by Crippen LogP contribution is -2.38. The zero-order valence-corrected chi connectivity index (χ0v) is 16.1. The zero-order valence-electron chi connectivity index (χ0n) is 16.1. The topological polar surface area (TPSA) is 70.5 Å². The summed E-state index contributed by atoms with van der Waals surface area (Å²) in [5.74, 6) is -0.264. The van der Waals surface area contributed by atoms with Crippen LogP contribution in [0.5, 0.6) is 0 Å². The van der Waals surface area contributed by atoms with Gasteiger partial charge in [0.15, 0.2) is 0 Å². The van der Waals surface area contributed by atoms with Crippen LogP contribution in [0.25, 0.3) is 11.3 Å². The fourth-order valence-corrected chi connectivity index (χ4v) is 3.52. The van der Waals surface area contributed by atoms with Crippen molar-refractivity contribution in [3.63, 3.8) is 0 Å². The van der Waals surface area contributed by atoms with E-state index < -0.39 is 5.97 Å². The van der Waals surface area contributed by atoms with Gasteiger partial charge in [0.1, 0.15) is 0 Å². The molecule has 0 spiro atoms. The van der Waals surface area contributed by atoms with Gasteiger partial charge in [0.05, 0.1) is 11.3 Å². The Kier molecular flexibility index (Phi) is 5.31. The summed E-state index contributed by atoms with van der Waals surface area (Å²) in [7, 11) is 0. The molecule has 1 N–H and O–H groups in total. The number of benzene rings is 1. The monoisotopic (exact) mass is 366 g/mol. The summed E-state index contributed by atoms with van der Waals surface area (Å²) in [5, 5.41) is 9.12. The summed E-state index contributed by atoms with van der Waals surface area (Å²) >= 11 is 0. The predicted octanol–water partition coefficient (Wildman–Crippen LogP) is 3.88. The second-order valence-electron chi connectivity index (χ2n) is 8.30. The van der Waals surface area contributed by atoms with Crippen LogP contribution in [0.3, 0.4) is 0 Å². The molecule has 1 aromatic heterocycles. The van der Waals surface area contributed by atoms with E-state index in [0.29, 0.717) is 5.92 Å². The molecule has 0 bridgehead atoms. The summed E-state index contributed by atoms with van der Waals surface area (Å²) in [4.78, 5) is 30.0. The van der Waals surface area contributed by atoms with E-state index in [0.717, 1.165) is 42.8 Å². The molecule has 142 valence electrons. The molecule has 27 heavy (non-hydrogen) atoms. The van der Waals surface area contributed by atoms with Crippen LogP contribution >= 0.6 is 0 Å². The van der Waals surface area contributed by atoms with Gasteiger partial charge < -0.3 is 10.0 Å². The van der Waals surface area contributed by atoms with Crippen molar-refractivity contribution in [1.29, 1.82) is 0 Å². The number of nitrogens with zero attached hydrogens (tertiary/aromatic N) is 2. The van der Waals surface area contributed by atoms with E-state index >= 15 is 0 Å². The number of carbonyl (C=O) groups excluding carboxylic acids is 1. The number of hydrogen-bond acceptors (Lipinski definition) is 3. The van der Waals surface area contributed by atoms with Gasteiger partial charge >= 0.3 is 5.97 Å². The summed E-state index contributed by atoms with van der Waals surface area (Å²) < 4.78 is 0. The smallest absolute Gasteiger partial charge is 0.335 e. The lowest BCUT2D eigenvalue weighted by atomic mass is 9.95. The van der Waals surface area contributed by atoms with Gasteiger partial charge in [0.2, 0.25) is 5.91 Å². The maximum Gasteiger partial charge on any atom is 0.335 e. The van der Waals surface area contributed by atoms with Gasteiger partial charge in [0, 0.05) is 30.3 Å². The first-order chi connectivity index (χ1) is 12.7. The van der Waals surface area contributed by atoms with E-state index in [4.69, 9.17) is 5.11 Å². The third-order valence-corrected chi connectivity index (χ3v) is 4.97. The third-order valence-electron chi connectivity index (χ3n) is 4.97. The zero-order chi connectivity index (χ0) is 19.6. The molecule has 1 atom stereocenters. The lowest BCUT2D eigenvalue weighted by Gasteiger charge is -2.25. The molecule has 1 fully saturated rings. The SMILES string of the molecule is CC(C)(C)C(=O)N1CCC(Cc2ccc(-c3cccc(C(=O)O)c3)nc2)C1. The standard InChI is InChI=1S/C22H26N2O3/c1-22(2,3)21(27)24-10-9-16(14-24)11-15-7-8-19(23-13-15)17-5-4-6-18(12-17)20(25)26/h4-8,12-13,16H,9-11,14H2,1-3H3,(H,25,26). The number of aromatic carboxylic acids is 1. The van der Waals surface area contributed by atoms with Crippen molar-refractivity contribution in [2.75, 3.05) is 13.1 Å².